The molecule has 3 rings (SSSR count). The van der Waals surface area contributed by atoms with Gasteiger partial charge in [-0.1, -0.05) is 18.9 Å². The first kappa shape index (κ1) is 10.4. The monoisotopic (exact) mass is 228 g/mol. The van der Waals surface area contributed by atoms with Crippen molar-refractivity contribution in [2.75, 3.05) is 5.32 Å². The average Bonchev–Trinajstić information content (AvgIpc) is 2.99. The topological polar surface area (TPSA) is 44.9 Å². The zero-order valence-electron chi connectivity index (χ0n) is 9.70. The summed E-state index contributed by atoms with van der Waals surface area (Å²) in [5.74, 6) is 0.391. The standard InChI is InChI=1S/C14H16N2O/c17-14(11-3-1-2-4-11)16-12-6-5-10-7-8-15-13(10)9-12/h5-9,11,15H,1-4H2,(H,16,17). The van der Waals surface area contributed by atoms with Crippen LogP contribution in [0.2, 0.25) is 0 Å². The van der Waals surface area contributed by atoms with Crippen molar-refractivity contribution in [3.63, 3.8) is 0 Å². The Morgan fingerprint density at radius 3 is 2.88 bits per heavy atom. The highest BCUT2D eigenvalue weighted by Crippen LogP contribution is 2.26. The number of H-pyrrole nitrogens is 1. The van der Waals surface area contributed by atoms with Gasteiger partial charge in [0.1, 0.15) is 0 Å². The van der Waals surface area contributed by atoms with E-state index in [0.717, 1.165) is 24.0 Å². The first-order chi connectivity index (χ1) is 8.33. The number of amides is 1. The van der Waals surface area contributed by atoms with Crippen molar-refractivity contribution in [1.82, 2.24) is 4.98 Å². The lowest BCUT2D eigenvalue weighted by Crippen LogP contribution is -2.20. The van der Waals surface area contributed by atoms with E-state index in [1.165, 1.54) is 18.2 Å². The van der Waals surface area contributed by atoms with E-state index >= 15 is 0 Å². The molecule has 0 saturated heterocycles. The fourth-order valence-electron chi connectivity index (χ4n) is 2.56. The Balaban J connectivity index is 1.77. The van der Waals surface area contributed by atoms with E-state index < -0.39 is 0 Å². The summed E-state index contributed by atoms with van der Waals surface area (Å²) < 4.78 is 0. The lowest BCUT2D eigenvalue weighted by molar-refractivity contribution is -0.119. The Morgan fingerprint density at radius 1 is 1.24 bits per heavy atom. The summed E-state index contributed by atoms with van der Waals surface area (Å²) in [5.41, 5.74) is 1.95. The fraction of sp³-hybridized carbons (Fsp3) is 0.357. The number of hydrogen-bond acceptors (Lipinski definition) is 1. The van der Waals surface area contributed by atoms with Crippen LogP contribution in [0.3, 0.4) is 0 Å². The Labute approximate surface area is 100 Å². The molecule has 0 atom stereocenters. The minimum absolute atomic E-state index is 0.174. The SMILES string of the molecule is O=C(Nc1ccc2cc[nH]c2c1)C1CCCC1. The van der Waals surface area contributed by atoms with Crippen molar-refractivity contribution in [2.24, 2.45) is 5.92 Å². The molecule has 2 aromatic rings. The zero-order chi connectivity index (χ0) is 11.7. The number of fused-ring (bicyclic) bond motifs is 1. The molecule has 1 aromatic heterocycles. The molecule has 1 aromatic carbocycles. The van der Waals surface area contributed by atoms with Gasteiger partial charge in [0.25, 0.3) is 0 Å². The maximum atomic E-state index is 12.0. The smallest absolute Gasteiger partial charge is 0.227 e. The predicted octanol–water partition coefficient (Wildman–Crippen LogP) is 3.30. The summed E-state index contributed by atoms with van der Waals surface area (Å²) in [6.45, 7) is 0. The third-order valence-corrected chi connectivity index (χ3v) is 3.55. The molecule has 2 N–H and O–H groups in total. The molecule has 0 bridgehead atoms. The Bertz CT molecular complexity index is 538. The second kappa shape index (κ2) is 4.24. The van der Waals surface area contributed by atoms with Gasteiger partial charge in [0.2, 0.25) is 5.91 Å². The van der Waals surface area contributed by atoms with Crippen molar-refractivity contribution in [3.05, 3.63) is 30.5 Å². The Hall–Kier alpha value is -1.77. The van der Waals surface area contributed by atoms with E-state index in [1.807, 2.05) is 30.5 Å². The molecular formula is C14H16N2O. The molecule has 1 saturated carbocycles. The summed E-state index contributed by atoms with van der Waals surface area (Å²) in [6, 6.07) is 8.00. The zero-order valence-corrected chi connectivity index (χ0v) is 9.70. The van der Waals surface area contributed by atoms with Crippen LogP contribution >= 0.6 is 0 Å². The second-order valence-electron chi connectivity index (χ2n) is 4.75. The summed E-state index contributed by atoms with van der Waals surface area (Å²) >= 11 is 0. The van der Waals surface area contributed by atoms with Crippen LogP contribution in [0.5, 0.6) is 0 Å². The minimum Gasteiger partial charge on any atom is -0.361 e. The highest BCUT2D eigenvalue weighted by molar-refractivity contribution is 5.95. The lowest BCUT2D eigenvalue weighted by Gasteiger charge is -2.10. The predicted molar refractivity (Wildman–Crippen MR) is 68.9 cm³/mol. The fourth-order valence-corrected chi connectivity index (χ4v) is 2.56. The van der Waals surface area contributed by atoms with E-state index in [2.05, 4.69) is 10.3 Å². The lowest BCUT2D eigenvalue weighted by atomic mass is 10.1. The summed E-state index contributed by atoms with van der Waals surface area (Å²) in [4.78, 5) is 15.1. The number of aromatic nitrogens is 1. The van der Waals surface area contributed by atoms with E-state index in [1.54, 1.807) is 0 Å². The van der Waals surface area contributed by atoms with Crippen molar-refractivity contribution in [2.45, 2.75) is 25.7 Å². The molecule has 1 amide bonds. The molecule has 1 heterocycles. The van der Waals surface area contributed by atoms with Gasteiger partial charge in [-0.05, 0) is 36.4 Å². The number of carbonyl (C=O) groups excluding carboxylic acids is 1. The average molecular weight is 228 g/mol. The van der Waals surface area contributed by atoms with E-state index in [0.29, 0.717) is 0 Å². The van der Waals surface area contributed by atoms with Gasteiger partial charge >= 0.3 is 0 Å². The van der Waals surface area contributed by atoms with Gasteiger partial charge < -0.3 is 10.3 Å². The van der Waals surface area contributed by atoms with Crippen LogP contribution in [0.15, 0.2) is 30.5 Å². The van der Waals surface area contributed by atoms with Gasteiger partial charge in [0.05, 0.1) is 0 Å². The van der Waals surface area contributed by atoms with Crippen molar-refractivity contribution >= 4 is 22.5 Å². The third kappa shape index (κ3) is 2.05. The highest BCUT2D eigenvalue weighted by Gasteiger charge is 2.22. The summed E-state index contributed by atoms with van der Waals surface area (Å²) in [7, 11) is 0. The first-order valence-electron chi connectivity index (χ1n) is 6.21. The third-order valence-electron chi connectivity index (χ3n) is 3.55. The number of hydrogen-bond donors (Lipinski definition) is 2. The molecule has 3 heteroatoms. The number of carbonyl (C=O) groups is 1. The van der Waals surface area contributed by atoms with Crippen LogP contribution in [0.25, 0.3) is 10.9 Å². The van der Waals surface area contributed by atoms with Gasteiger partial charge in [-0.3, -0.25) is 4.79 Å². The highest BCUT2D eigenvalue weighted by atomic mass is 16.1. The Morgan fingerprint density at radius 2 is 2.06 bits per heavy atom. The van der Waals surface area contributed by atoms with E-state index in [9.17, 15) is 4.79 Å². The molecule has 1 aliphatic carbocycles. The number of benzene rings is 1. The molecule has 0 spiro atoms. The van der Waals surface area contributed by atoms with Gasteiger partial charge in [-0.2, -0.15) is 0 Å². The van der Waals surface area contributed by atoms with Crippen LogP contribution in [0.1, 0.15) is 25.7 Å². The number of anilines is 1. The number of aromatic amines is 1. The normalized spacial score (nSPS) is 16.5. The molecule has 3 nitrogen and oxygen atoms in total. The van der Waals surface area contributed by atoms with Gasteiger partial charge in [-0.15, -0.1) is 0 Å². The molecular weight excluding hydrogens is 212 g/mol. The number of nitrogens with one attached hydrogen (secondary N) is 2. The van der Waals surface area contributed by atoms with E-state index in [-0.39, 0.29) is 11.8 Å². The van der Waals surface area contributed by atoms with Gasteiger partial charge in [0, 0.05) is 23.3 Å². The van der Waals surface area contributed by atoms with Crippen LogP contribution in [-0.2, 0) is 4.79 Å². The summed E-state index contributed by atoms with van der Waals surface area (Å²) in [5, 5.41) is 4.18. The van der Waals surface area contributed by atoms with Crippen molar-refractivity contribution in [1.29, 1.82) is 0 Å². The molecule has 0 aliphatic heterocycles. The van der Waals surface area contributed by atoms with E-state index in [4.69, 9.17) is 0 Å². The molecule has 0 radical (unpaired) electrons. The molecule has 0 unspecified atom stereocenters. The molecule has 17 heavy (non-hydrogen) atoms. The van der Waals surface area contributed by atoms with Crippen LogP contribution < -0.4 is 5.32 Å². The maximum Gasteiger partial charge on any atom is 0.227 e. The van der Waals surface area contributed by atoms with Crippen molar-refractivity contribution < 1.29 is 4.79 Å². The maximum absolute atomic E-state index is 12.0. The Kier molecular flexibility index (Phi) is 2.59. The van der Waals surface area contributed by atoms with Gasteiger partial charge in [-0.25, -0.2) is 0 Å². The largest absolute Gasteiger partial charge is 0.361 e. The van der Waals surface area contributed by atoms with Crippen LogP contribution in [-0.4, -0.2) is 10.9 Å². The molecule has 1 fully saturated rings. The molecule has 1 aliphatic rings. The molecule has 88 valence electrons. The minimum atomic E-state index is 0.174. The first-order valence-corrected chi connectivity index (χ1v) is 6.21. The second-order valence-corrected chi connectivity index (χ2v) is 4.75. The van der Waals surface area contributed by atoms with Crippen molar-refractivity contribution in [3.8, 4) is 0 Å². The summed E-state index contributed by atoms with van der Waals surface area (Å²) in [6.07, 6.45) is 6.36. The van der Waals surface area contributed by atoms with Crippen LogP contribution in [0.4, 0.5) is 5.69 Å². The van der Waals surface area contributed by atoms with Gasteiger partial charge in [0.15, 0.2) is 0 Å². The quantitative estimate of drug-likeness (QED) is 0.813. The van der Waals surface area contributed by atoms with Crippen LogP contribution in [0, 0.1) is 5.92 Å². The number of rotatable bonds is 2.